The first kappa shape index (κ1) is 22.5. The number of aryl methyl sites for hydroxylation is 1. The summed E-state index contributed by atoms with van der Waals surface area (Å²) >= 11 is 6.32. The van der Waals surface area contributed by atoms with E-state index in [1.54, 1.807) is 18.2 Å². The highest BCUT2D eigenvalue weighted by atomic mass is 35.5. The molecule has 1 N–H and O–H groups in total. The van der Waals surface area contributed by atoms with Gasteiger partial charge >= 0.3 is 0 Å². The first-order chi connectivity index (χ1) is 16.0. The zero-order valence-corrected chi connectivity index (χ0v) is 19.0. The molecule has 9 heteroatoms. The van der Waals surface area contributed by atoms with Gasteiger partial charge in [0.05, 0.1) is 12.1 Å². The number of hydrogen-bond donors (Lipinski definition) is 1. The van der Waals surface area contributed by atoms with Crippen LogP contribution in [-0.2, 0) is 11.3 Å². The van der Waals surface area contributed by atoms with E-state index in [1.807, 2.05) is 30.3 Å². The van der Waals surface area contributed by atoms with Gasteiger partial charge in [-0.05, 0) is 29.7 Å². The number of hydrogen-bond acceptors (Lipinski definition) is 6. The van der Waals surface area contributed by atoms with Crippen LogP contribution in [0.5, 0.6) is 5.75 Å². The fraction of sp³-hybridized carbons (Fsp3) is 0.250. The molecule has 33 heavy (non-hydrogen) atoms. The second-order valence-corrected chi connectivity index (χ2v) is 8.07. The van der Waals surface area contributed by atoms with Crippen LogP contribution >= 0.6 is 11.6 Å². The number of nitrogens with zero attached hydrogens (tertiary/aromatic N) is 3. The predicted octanol–water partition coefficient (Wildman–Crippen LogP) is 4.02. The second kappa shape index (κ2) is 9.87. The summed E-state index contributed by atoms with van der Waals surface area (Å²) < 4.78 is 11.9. The van der Waals surface area contributed by atoms with E-state index >= 15 is 0 Å². The molecule has 0 saturated carbocycles. The number of carbonyl (C=O) groups is 1. The van der Waals surface area contributed by atoms with Gasteiger partial charge in [-0.3, -0.25) is 14.2 Å². The fourth-order valence-electron chi connectivity index (χ4n) is 3.51. The van der Waals surface area contributed by atoms with Gasteiger partial charge in [-0.25, -0.2) is 4.98 Å². The molecule has 0 aliphatic carbocycles. The lowest BCUT2D eigenvalue weighted by molar-refractivity contribution is -0.121. The molecule has 0 unspecified atom stereocenters. The molecule has 0 bridgehead atoms. The summed E-state index contributed by atoms with van der Waals surface area (Å²) in [7, 11) is 1.54. The Morgan fingerprint density at radius 3 is 2.79 bits per heavy atom. The molecule has 2 heterocycles. The van der Waals surface area contributed by atoms with Crippen LogP contribution in [0.2, 0.25) is 5.02 Å². The van der Waals surface area contributed by atoms with Gasteiger partial charge in [0.1, 0.15) is 23.2 Å². The number of methoxy groups -OCH3 is 1. The molecule has 0 radical (unpaired) electrons. The van der Waals surface area contributed by atoms with Gasteiger partial charge in [0, 0.05) is 25.1 Å². The highest BCUT2D eigenvalue weighted by Gasteiger charge is 2.20. The van der Waals surface area contributed by atoms with E-state index in [1.165, 1.54) is 18.0 Å². The molecule has 0 fully saturated rings. The second-order valence-electron chi connectivity index (χ2n) is 7.67. The molecule has 1 amide bonds. The maximum absolute atomic E-state index is 13.1. The van der Waals surface area contributed by atoms with Crippen molar-refractivity contribution in [3.05, 3.63) is 75.8 Å². The number of nitrogens with one attached hydrogen (secondary N) is 1. The van der Waals surface area contributed by atoms with Crippen molar-refractivity contribution < 1.29 is 14.1 Å². The molecule has 0 spiro atoms. The van der Waals surface area contributed by atoms with E-state index in [2.05, 4.69) is 22.4 Å². The van der Waals surface area contributed by atoms with Gasteiger partial charge in [0.25, 0.3) is 11.3 Å². The third-order valence-electron chi connectivity index (χ3n) is 5.45. The zero-order chi connectivity index (χ0) is 23.4. The summed E-state index contributed by atoms with van der Waals surface area (Å²) in [6.07, 6.45) is 1.49. The SMILES string of the molecule is COc1ccc(Cl)c(-c2noc3ncn(CCC(=O)NC[C@H](C)c4ccccc4)c(=O)c23)c1. The summed E-state index contributed by atoms with van der Waals surface area (Å²) in [4.78, 5) is 29.7. The van der Waals surface area contributed by atoms with Crippen LogP contribution in [0, 0.1) is 0 Å². The minimum atomic E-state index is -0.361. The van der Waals surface area contributed by atoms with Crippen LogP contribution in [0.3, 0.4) is 0 Å². The van der Waals surface area contributed by atoms with E-state index < -0.39 is 0 Å². The van der Waals surface area contributed by atoms with Crippen molar-refractivity contribution in [3.63, 3.8) is 0 Å². The van der Waals surface area contributed by atoms with Gasteiger partial charge in [-0.1, -0.05) is 54.0 Å². The maximum Gasteiger partial charge on any atom is 0.266 e. The number of ether oxygens (including phenoxy) is 1. The number of halogens is 1. The quantitative estimate of drug-likeness (QED) is 0.421. The van der Waals surface area contributed by atoms with E-state index in [0.717, 1.165) is 5.56 Å². The highest BCUT2D eigenvalue weighted by Crippen LogP contribution is 2.33. The zero-order valence-electron chi connectivity index (χ0n) is 18.2. The van der Waals surface area contributed by atoms with Crippen molar-refractivity contribution in [2.45, 2.75) is 25.8 Å². The van der Waals surface area contributed by atoms with Gasteiger partial charge in [0.2, 0.25) is 5.91 Å². The van der Waals surface area contributed by atoms with Crippen molar-refractivity contribution in [1.82, 2.24) is 20.0 Å². The number of rotatable bonds is 8. The molecule has 170 valence electrons. The molecule has 2 aromatic heterocycles. The fourth-order valence-corrected chi connectivity index (χ4v) is 3.72. The molecular formula is C24H23ClN4O4. The van der Waals surface area contributed by atoms with Crippen molar-refractivity contribution in [2.75, 3.05) is 13.7 Å². The van der Waals surface area contributed by atoms with Gasteiger partial charge in [-0.2, -0.15) is 0 Å². The summed E-state index contributed by atoms with van der Waals surface area (Å²) in [6.45, 7) is 2.73. The molecule has 1 atom stereocenters. The molecule has 0 aliphatic heterocycles. The van der Waals surface area contributed by atoms with Crippen LogP contribution in [-0.4, -0.2) is 34.3 Å². The third kappa shape index (κ3) is 4.90. The van der Waals surface area contributed by atoms with Crippen LogP contribution in [0.1, 0.15) is 24.8 Å². The maximum atomic E-state index is 13.1. The minimum absolute atomic E-state index is 0.103. The van der Waals surface area contributed by atoms with E-state index in [0.29, 0.717) is 22.9 Å². The average Bonchev–Trinajstić information content (AvgIpc) is 3.27. The van der Waals surface area contributed by atoms with Crippen molar-refractivity contribution in [1.29, 1.82) is 0 Å². The average molecular weight is 467 g/mol. The van der Waals surface area contributed by atoms with Crippen LogP contribution in [0.15, 0.2) is 64.2 Å². The normalized spacial score (nSPS) is 12.0. The number of benzene rings is 2. The van der Waals surface area contributed by atoms with E-state index in [-0.39, 0.29) is 47.1 Å². The molecule has 2 aromatic carbocycles. The van der Waals surface area contributed by atoms with Gasteiger partial charge in [-0.15, -0.1) is 0 Å². The van der Waals surface area contributed by atoms with Crippen LogP contribution in [0.25, 0.3) is 22.4 Å². The summed E-state index contributed by atoms with van der Waals surface area (Å²) in [5, 5.41) is 7.53. The largest absolute Gasteiger partial charge is 0.497 e. The lowest BCUT2D eigenvalue weighted by Gasteiger charge is -2.13. The standard InChI is InChI=1S/C24H23ClN4O4/c1-15(16-6-4-3-5-7-16)13-26-20(30)10-11-29-14-27-23-21(24(29)31)22(28-33-23)18-12-17(32-2)8-9-19(18)25/h3-9,12,14-15H,10-11,13H2,1-2H3,(H,26,30)/t15-/m0/s1. The Balaban J connectivity index is 1.49. The first-order valence-electron chi connectivity index (χ1n) is 10.5. The van der Waals surface area contributed by atoms with E-state index in [4.69, 9.17) is 20.9 Å². The first-order valence-corrected chi connectivity index (χ1v) is 10.9. The van der Waals surface area contributed by atoms with Crippen LogP contribution in [0.4, 0.5) is 0 Å². The lowest BCUT2D eigenvalue weighted by Crippen LogP contribution is -2.30. The molecule has 0 aliphatic rings. The number of amides is 1. The summed E-state index contributed by atoms with van der Waals surface area (Å²) in [5.74, 6) is 0.602. The lowest BCUT2D eigenvalue weighted by atomic mass is 10.0. The van der Waals surface area contributed by atoms with Gasteiger partial charge < -0.3 is 14.6 Å². The number of aromatic nitrogens is 3. The van der Waals surface area contributed by atoms with Crippen molar-refractivity contribution in [2.24, 2.45) is 0 Å². The Hall–Kier alpha value is -3.65. The predicted molar refractivity (Wildman–Crippen MR) is 126 cm³/mol. The number of fused-ring (bicyclic) bond motifs is 1. The smallest absolute Gasteiger partial charge is 0.266 e. The third-order valence-corrected chi connectivity index (χ3v) is 5.78. The molecule has 4 aromatic rings. The molecular weight excluding hydrogens is 444 g/mol. The van der Waals surface area contributed by atoms with E-state index in [9.17, 15) is 9.59 Å². The summed E-state index contributed by atoms with van der Waals surface area (Å²) in [6, 6.07) is 15.0. The topological polar surface area (TPSA) is 99.2 Å². The Morgan fingerprint density at radius 1 is 1.24 bits per heavy atom. The minimum Gasteiger partial charge on any atom is -0.497 e. The van der Waals surface area contributed by atoms with Gasteiger partial charge in [0.15, 0.2) is 0 Å². The molecule has 4 rings (SSSR count). The Labute approximate surface area is 195 Å². The van der Waals surface area contributed by atoms with Crippen LogP contribution < -0.4 is 15.6 Å². The summed E-state index contributed by atoms with van der Waals surface area (Å²) in [5.41, 5.74) is 1.67. The monoisotopic (exact) mass is 466 g/mol. The highest BCUT2D eigenvalue weighted by molar-refractivity contribution is 6.33. The van der Waals surface area contributed by atoms with Crippen molar-refractivity contribution >= 4 is 28.6 Å². The Morgan fingerprint density at radius 2 is 2.03 bits per heavy atom. The van der Waals surface area contributed by atoms with Crippen molar-refractivity contribution in [3.8, 4) is 17.0 Å². The Kier molecular flexibility index (Phi) is 6.74. The Bertz CT molecular complexity index is 1330. The molecule has 0 saturated heterocycles. The number of carbonyl (C=O) groups excluding carboxylic acids is 1. The molecule has 8 nitrogen and oxygen atoms in total.